The summed E-state index contributed by atoms with van der Waals surface area (Å²) < 4.78 is 6.34. The second-order valence-corrected chi connectivity index (χ2v) is 6.01. The second kappa shape index (κ2) is 7.46. The highest BCUT2D eigenvalue weighted by Crippen LogP contribution is 2.39. The average molecular weight is 392 g/mol. The molecule has 0 aliphatic carbocycles. The first-order valence-electron chi connectivity index (χ1n) is 6.49. The number of benzene rings is 1. The van der Waals surface area contributed by atoms with Gasteiger partial charge in [0.1, 0.15) is 17.8 Å². The Morgan fingerprint density at radius 1 is 1.26 bits per heavy atom. The number of carbonyl (C=O) groups excluding carboxylic acids is 1. The lowest BCUT2D eigenvalue weighted by atomic mass is 10.1. The van der Waals surface area contributed by atoms with Gasteiger partial charge in [0.2, 0.25) is 0 Å². The lowest BCUT2D eigenvalue weighted by Crippen LogP contribution is -2.14. The van der Waals surface area contributed by atoms with E-state index < -0.39 is 5.97 Å². The van der Waals surface area contributed by atoms with Crippen molar-refractivity contribution in [2.24, 2.45) is 0 Å². The summed E-state index contributed by atoms with van der Waals surface area (Å²) in [5.41, 5.74) is 1.10. The van der Waals surface area contributed by atoms with E-state index in [2.05, 4.69) is 0 Å². The molecule has 0 amide bonds. The van der Waals surface area contributed by atoms with Crippen molar-refractivity contribution >= 4 is 52.4 Å². The van der Waals surface area contributed by atoms with Crippen LogP contribution in [0, 0.1) is 11.3 Å². The van der Waals surface area contributed by atoms with Gasteiger partial charge in [0, 0.05) is 5.56 Å². The number of rotatable bonds is 4. The molecule has 120 valence electrons. The van der Waals surface area contributed by atoms with Gasteiger partial charge in [0.05, 0.1) is 32.9 Å². The highest BCUT2D eigenvalue weighted by Gasteiger charge is 2.24. The van der Waals surface area contributed by atoms with Crippen LogP contribution in [0.2, 0.25) is 20.2 Å². The maximum Gasteiger partial charge on any atom is 0.325 e. The monoisotopic (exact) mass is 390 g/mol. The lowest BCUT2D eigenvalue weighted by molar-refractivity contribution is -0.143. The van der Waals surface area contributed by atoms with Crippen molar-refractivity contribution in [1.29, 1.82) is 5.26 Å². The first kappa shape index (κ1) is 18.0. The summed E-state index contributed by atoms with van der Waals surface area (Å²) in [6.07, 6.45) is 0. The fourth-order valence-corrected chi connectivity index (χ4v) is 2.86. The van der Waals surface area contributed by atoms with Gasteiger partial charge in [-0.15, -0.1) is 0 Å². The van der Waals surface area contributed by atoms with Crippen LogP contribution in [0.5, 0.6) is 0 Å². The Hall–Kier alpha value is -1.38. The van der Waals surface area contributed by atoms with Gasteiger partial charge in [0.15, 0.2) is 0 Å². The summed E-state index contributed by atoms with van der Waals surface area (Å²) in [6, 6.07) is 6.83. The normalized spacial score (nSPS) is 10.4. The van der Waals surface area contributed by atoms with E-state index in [-0.39, 0.29) is 28.9 Å². The first-order valence-corrected chi connectivity index (χ1v) is 8.00. The van der Waals surface area contributed by atoms with Crippen LogP contribution in [-0.4, -0.2) is 17.1 Å². The van der Waals surface area contributed by atoms with Crippen molar-refractivity contribution < 1.29 is 9.53 Å². The van der Waals surface area contributed by atoms with Gasteiger partial charge >= 0.3 is 5.97 Å². The molecule has 0 aliphatic rings. The fraction of sp³-hybridized carbons (Fsp3) is 0.200. The first-order chi connectivity index (χ1) is 10.9. The smallest absolute Gasteiger partial charge is 0.325 e. The van der Waals surface area contributed by atoms with Gasteiger partial charge in [-0.3, -0.25) is 4.79 Å². The van der Waals surface area contributed by atoms with Crippen LogP contribution in [0.1, 0.15) is 12.5 Å². The molecule has 0 saturated heterocycles. The Labute approximate surface area is 153 Å². The number of carbonyl (C=O) groups is 1. The summed E-state index contributed by atoms with van der Waals surface area (Å²) in [6.45, 7) is 1.76. The molecular formula is C15H10Cl4N2O2. The molecule has 1 heterocycles. The van der Waals surface area contributed by atoms with Gasteiger partial charge < -0.3 is 9.30 Å². The van der Waals surface area contributed by atoms with E-state index in [1.807, 2.05) is 6.07 Å². The Kier molecular flexibility index (Phi) is 5.83. The number of hydrogen-bond acceptors (Lipinski definition) is 3. The Morgan fingerprint density at radius 3 is 2.52 bits per heavy atom. The molecule has 0 fully saturated rings. The molecule has 1 aromatic heterocycles. The van der Waals surface area contributed by atoms with E-state index in [9.17, 15) is 10.1 Å². The van der Waals surface area contributed by atoms with Crippen LogP contribution in [0.4, 0.5) is 0 Å². The third-order valence-electron chi connectivity index (χ3n) is 3.04. The summed E-state index contributed by atoms with van der Waals surface area (Å²) in [5.74, 6) is -0.494. The van der Waals surface area contributed by atoms with E-state index in [4.69, 9.17) is 51.1 Å². The van der Waals surface area contributed by atoms with Gasteiger partial charge in [-0.2, -0.15) is 5.26 Å². The number of ether oxygens (including phenoxy) is 1. The van der Waals surface area contributed by atoms with Crippen LogP contribution in [0.3, 0.4) is 0 Å². The molecule has 1 aromatic carbocycles. The molecule has 0 bridgehead atoms. The molecule has 0 saturated carbocycles. The topological polar surface area (TPSA) is 55.0 Å². The van der Waals surface area contributed by atoms with Crippen molar-refractivity contribution in [3.8, 4) is 17.3 Å². The van der Waals surface area contributed by atoms with Crippen molar-refractivity contribution in [1.82, 2.24) is 4.57 Å². The number of hydrogen-bond donors (Lipinski definition) is 0. The van der Waals surface area contributed by atoms with Crippen LogP contribution < -0.4 is 0 Å². The third kappa shape index (κ3) is 3.59. The average Bonchev–Trinajstić information content (AvgIpc) is 2.74. The number of halogens is 4. The lowest BCUT2D eigenvalue weighted by Gasteiger charge is -2.11. The molecule has 0 radical (unpaired) electrons. The molecule has 8 heteroatoms. The van der Waals surface area contributed by atoms with E-state index in [0.717, 1.165) is 0 Å². The summed E-state index contributed by atoms with van der Waals surface area (Å²) in [7, 11) is 0. The molecule has 0 N–H and O–H groups in total. The van der Waals surface area contributed by atoms with E-state index in [0.29, 0.717) is 21.3 Å². The quantitative estimate of drug-likeness (QED) is 0.672. The number of esters is 1. The molecule has 0 unspecified atom stereocenters. The predicted molar refractivity (Wildman–Crippen MR) is 91.3 cm³/mol. The molecule has 0 aliphatic heterocycles. The van der Waals surface area contributed by atoms with Gasteiger partial charge in [-0.05, 0) is 19.1 Å². The maximum absolute atomic E-state index is 11.8. The van der Waals surface area contributed by atoms with E-state index in [1.165, 1.54) is 4.57 Å². The van der Waals surface area contributed by atoms with Gasteiger partial charge in [-0.25, -0.2) is 0 Å². The summed E-state index contributed by atoms with van der Waals surface area (Å²) in [4.78, 5) is 11.8. The van der Waals surface area contributed by atoms with Crippen molar-refractivity contribution in [2.45, 2.75) is 13.5 Å². The highest BCUT2D eigenvalue weighted by atomic mass is 35.5. The van der Waals surface area contributed by atoms with Crippen molar-refractivity contribution in [2.75, 3.05) is 6.61 Å². The maximum atomic E-state index is 11.8. The SMILES string of the molecule is CCOC(=O)Cn1c(Cl)c(Cl)c(C#N)c1-c1ccc(Cl)c(Cl)c1. The zero-order chi connectivity index (χ0) is 17.1. The Balaban J connectivity index is 2.65. The van der Waals surface area contributed by atoms with Gasteiger partial charge in [0.25, 0.3) is 0 Å². The number of aromatic nitrogens is 1. The minimum atomic E-state index is -0.494. The number of nitriles is 1. The third-order valence-corrected chi connectivity index (χ3v) is 4.64. The van der Waals surface area contributed by atoms with E-state index in [1.54, 1.807) is 25.1 Å². The molecule has 0 atom stereocenters. The predicted octanol–water partition coefficient (Wildman–Crippen LogP) is 5.20. The second-order valence-electron chi connectivity index (χ2n) is 4.46. The van der Waals surface area contributed by atoms with Gasteiger partial charge in [-0.1, -0.05) is 52.5 Å². The fourth-order valence-electron chi connectivity index (χ4n) is 2.09. The summed E-state index contributed by atoms with van der Waals surface area (Å²) >= 11 is 24.2. The Bertz CT molecular complexity index is 809. The molecule has 2 aromatic rings. The Morgan fingerprint density at radius 2 is 1.96 bits per heavy atom. The molecule has 23 heavy (non-hydrogen) atoms. The molecule has 2 rings (SSSR count). The molecular weight excluding hydrogens is 382 g/mol. The van der Waals surface area contributed by atoms with E-state index >= 15 is 0 Å². The van der Waals surface area contributed by atoms with Crippen molar-refractivity contribution in [3.63, 3.8) is 0 Å². The zero-order valence-electron chi connectivity index (χ0n) is 11.9. The molecule has 0 spiro atoms. The van der Waals surface area contributed by atoms with Crippen LogP contribution in [0.25, 0.3) is 11.3 Å². The van der Waals surface area contributed by atoms with Crippen molar-refractivity contribution in [3.05, 3.63) is 44.0 Å². The summed E-state index contributed by atoms with van der Waals surface area (Å²) in [5, 5.41) is 10.2. The van der Waals surface area contributed by atoms with Crippen LogP contribution in [-0.2, 0) is 16.1 Å². The standard InChI is InChI=1S/C15H10Cl4N2O2/c1-2-23-12(22)7-21-14(9(6-20)13(18)15(21)19)8-3-4-10(16)11(17)5-8/h3-5H,2,7H2,1H3. The highest BCUT2D eigenvalue weighted by molar-refractivity contribution is 6.43. The van der Waals surface area contributed by atoms with Crippen LogP contribution in [0.15, 0.2) is 18.2 Å². The van der Waals surface area contributed by atoms with Crippen LogP contribution >= 0.6 is 46.4 Å². The molecule has 4 nitrogen and oxygen atoms in total. The minimum Gasteiger partial charge on any atom is -0.465 e. The largest absolute Gasteiger partial charge is 0.465 e. The number of nitrogens with zero attached hydrogens (tertiary/aromatic N) is 2. The zero-order valence-corrected chi connectivity index (χ0v) is 14.9. The minimum absolute atomic E-state index is 0.0690.